The maximum atomic E-state index is 5.14. The van der Waals surface area contributed by atoms with Crippen LogP contribution in [0.15, 0.2) is 15.6 Å². The maximum absolute atomic E-state index is 5.14. The first-order valence-corrected chi connectivity index (χ1v) is 8.45. The third kappa shape index (κ3) is 3.80. The van der Waals surface area contributed by atoms with Gasteiger partial charge in [-0.1, -0.05) is 5.16 Å². The Labute approximate surface area is 132 Å². The van der Waals surface area contributed by atoms with E-state index in [0.717, 1.165) is 56.7 Å². The molecule has 3 rings (SSSR count). The van der Waals surface area contributed by atoms with E-state index in [9.17, 15) is 0 Å². The minimum Gasteiger partial charge on any atom is -0.361 e. The summed E-state index contributed by atoms with van der Waals surface area (Å²) >= 11 is 0. The minimum absolute atomic E-state index is 0.640. The Hall–Kier alpha value is -1.56. The number of hydrogen-bond acceptors (Lipinski definition) is 4. The number of piperazine rings is 1. The molecule has 0 atom stereocenters. The van der Waals surface area contributed by atoms with Crippen LogP contribution in [-0.4, -0.2) is 59.7 Å². The van der Waals surface area contributed by atoms with Gasteiger partial charge in [-0.05, 0) is 33.1 Å². The summed E-state index contributed by atoms with van der Waals surface area (Å²) < 4.78 is 5.14. The molecule has 22 heavy (non-hydrogen) atoms. The molecular weight excluding hydrogens is 278 g/mol. The topological polar surface area (TPSA) is 56.9 Å². The average molecular weight is 305 g/mol. The number of nitrogens with one attached hydrogen (secondary N) is 1. The molecule has 0 amide bonds. The molecule has 0 spiro atoms. The van der Waals surface area contributed by atoms with Crippen LogP contribution in [0.3, 0.4) is 0 Å². The second-order valence-electron chi connectivity index (χ2n) is 6.26. The van der Waals surface area contributed by atoms with Crippen LogP contribution < -0.4 is 5.32 Å². The quantitative estimate of drug-likeness (QED) is 0.677. The molecule has 0 aromatic carbocycles. The summed E-state index contributed by atoms with van der Waals surface area (Å²) in [5, 5.41) is 7.71. The van der Waals surface area contributed by atoms with Crippen molar-refractivity contribution in [1.29, 1.82) is 0 Å². The van der Waals surface area contributed by atoms with Gasteiger partial charge in [-0.25, -0.2) is 0 Å². The number of aryl methyl sites for hydroxylation is 1. The van der Waals surface area contributed by atoms with Crippen molar-refractivity contribution in [1.82, 2.24) is 20.3 Å². The summed E-state index contributed by atoms with van der Waals surface area (Å²) in [6.07, 6.45) is 3.92. The Kier molecular flexibility index (Phi) is 4.97. The van der Waals surface area contributed by atoms with Gasteiger partial charge in [0.1, 0.15) is 5.76 Å². The zero-order chi connectivity index (χ0) is 15.4. The summed E-state index contributed by atoms with van der Waals surface area (Å²) in [4.78, 5) is 9.49. The van der Waals surface area contributed by atoms with E-state index in [-0.39, 0.29) is 0 Å². The van der Waals surface area contributed by atoms with Gasteiger partial charge in [0, 0.05) is 51.4 Å². The van der Waals surface area contributed by atoms with Gasteiger partial charge in [0.25, 0.3) is 0 Å². The van der Waals surface area contributed by atoms with Crippen molar-refractivity contribution in [2.45, 2.75) is 45.7 Å². The van der Waals surface area contributed by atoms with Crippen LogP contribution in [0.5, 0.6) is 0 Å². The Morgan fingerprint density at radius 2 is 2.14 bits per heavy atom. The van der Waals surface area contributed by atoms with E-state index in [4.69, 9.17) is 4.52 Å². The first kappa shape index (κ1) is 15.3. The van der Waals surface area contributed by atoms with Crippen LogP contribution in [0.4, 0.5) is 0 Å². The predicted molar refractivity (Wildman–Crippen MR) is 86.8 cm³/mol. The highest BCUT2D eigenvalue weighted by Crippen LogP contribution is 2.18. The molecule has 0 radical (unpaired) electrons. The normalized spacial score (nSPS) is 21.0. The Morgan fingerprint density at radius 1 is 1.36 bits per heavy atom. The molecule has 0 bridgehead atoms. The summed E-state index contributed by atoms with van der Waals surface area (Å²) in [7, 11) is 0. The van der Waals surface area contributed by atoms with E-state index in [2.05, 4.69) is 32.2 Å². The van der Waals surface area contributed by atoms with Gasteiger partial charge in [-0.2, -0.15) is 0 Å². The zero-order valence-corrected chi connectivity index (χ0v) is 13.7. The van der Waals surface area contributed by atoms with Gasteiger partial charge in [0.15, 0.2) is 5.96 Å². The van der Waals surface area contributed by atoms with E-state index in [0.29, 0.717) is 6.04 Å². The maximum Gasteiger partial charge on any atom is 0.194 e. The fourth-order valence-corrected chi connectivity index (χ4v) is 2.96. The van der Waals surface area contributed by atoms with Crippen molar-refractivity contribution < 1.29 is 4.52 Å². The second-order valence-corrected chi connectivity index (χ2v) is 6.26. The first-order chi connectivity index (χ1) is 10.7. The Morgan fingerprint density at radius 3 is 2.68 bits per heavy atom. The highest BCUT2D eigenvalue weighted by molar-refractivity contribution is 5.80. The van der Waals surface area contributed by atoms with Crippen LogP contribution >= 0.6 is 0 Å². The van der Waals surface area contributed by atoms with Crippen LogP contribution in [0.25, 0.3) is 0 Å². The van der Waals surface area contributed by atoms with Crippen molar-refractivity contribution in [3.8, 4) is 0 Å². The van der Waals surface area contributed by atoms with Gasteiger partial charge in [0.2, 0.25) is 0 Å². The Balaban J connectivity index is 1.49. The van der Waals surface area contributed by atoms with Gasteiger partial charge in [-0.15, -0.1) is 0 Å². The van der Waals surface area contributed by atoms with Crippen molar-refractivity contribution in [3.63, 3.8) is 0 Å². The lowest BCUT2D eigenvalue weighted by atomic mass is 9.93. The second kappa shape index (κ2) is 7.13. The van der Waals surface area contributed by atoms with Crippen LogP contribution in [0.2, 0.25) is 0 Å². The number of hydrogen-bond donors (Lipinski definition) is 1. The Bertz CT molecular complexity index is 500. The van der Waals surface area contributed by atoms with Gasteiger partial charge >= 0.3 is 0 Å². The largest absolute Gasteiger partial charge is 0.361 e. The monoisotopic (exact) mass is 305 g/mol. The van der Waals surface area contributed by atoms with Gasteiger partial charge in [0.05, 0.1) is 5.69 Å². The fourth-order valence-electron chi connectivity index (χ4n) is 2.96. The molecule has 2 fully saturated rings. The molecule has 1 saturated heterocycles. The lowest BCUT2D eigenvalue weighted by Gasteiger charge is -2.38. The summed E-state index contributed by atoms with van der Waals surface area (Å²) in [5.41, 5.74) is 1.03. The molecule has 2 heterocycles. The number of aliphatic imine (C=N–C) groups is 1. The molecule has 1 N–H and O–H groups in total. The standard InChI is InChI=1S/C16H27N5O/c1-3-17-16(18-14-5-4-6-14)21-9-7-20(8-10-21)12-15-11-13(2)22-19-15/h11,14H,3-10,12H2,1-2H3,(H,17,18). The lowest BCUT2D eigenvalue weighted by Crippen LogP contribution is -2.55. The number of nitrogens with zero attached hydrogens (tertiary/aromatic N) is 4. The van der Waals surface area contributed by atoms with Crippen LogP contribution in [-0.2, 0) is 6.54 Å². The van der Waals surface area contributed by atoms with E-state index in [1.807, 2.05) is 13.0 Å². The van der Waals surface area contributed by atoms with Crippen LogP contribution in [0, 0.1) is 6.92 Å². The van der Waals surface area contributed by atoms with E-state index in [1.54, 1.807) is 0 Å². The molecule has 122 valence electrons. The smallest absolute Gasteiger partial charge is 0.194 e. The number of rotatable bonds is 4. The van der Waals surface area contributed by atoms with E-state index in [1.165, 1.54) is 19.3 Å². The molecule has 6 nitrogen and oxygen atoms in total. The molecule has 1 aromatic rings. The molecular formula is C16H27N5O. The number of aromatic nitrogens is 1. The summed E-state index contributed by atoms with van der Waals surface area (Å²) in [6, 6.07) is 2.66. The van der Waals surface area contributed by atoms with Crippen molar-refractivity contribution in [3.05, 3.63) is 17.5 Å². The van der Waals surface area contributed by atoms with Gasteiger partial charge in [-0.3, -0.25) is 9.89 Å². The molecule has 0 unspecified atom stereocenters. The summed E-state index contributed by atoms with van der Waals surface area (Å²) in [6.45, 7) is 9.89. The van der Waals surface area contributed by atoms with Crippen molar-refractivity contribution in [2.24, 2.45) is 4.99 Å². The average Bonchev–Trinajstić information content (AvgIpc) is 2.88. The van der Waals surface area contributed by atoms with E-state index >= 15 is 0 Å². The highest BCUT2D eigenvalue weighted by atomic mass is 16.5. The fraction of sp³-hybridized carbons (Fsp3) is 0.750. The van der Waals surface area contributed by atoms with Crippen molar-refractivity contribution >= 4 is 5.96 Å². The highest BCUT2D eigenvalue weighted by Gasteiger charge is 2.24. The third-order valence-electron chi connectivity index (χ3n) is 4.48. The molecule has 1 aromatic heterocycles. The van der Waals surface area contributed by atoms with Crippen molar-refractivity contribution in [2.75, 3.05) is 32.7 Å². The molecule has 1 aliphatic carbocycles. The molecule has 2 aliphatic rings. The third-order valence-corrected chi connectivity index (χ3v) is 4.48. The number of guanidine groups is 1. The first-order valence-electron chi connectivity index (χ1n) is 8.45. The predicted octanol–water partition coefficient (Wildman–Crippen LogP) is 1.62. The zero-order valence-electron chi connectivity index (χ0n) is 13.7. The van der Waals surface area contributed by atoms with E-state index < -0.39 is 0 Å². The van der Waals surface area contributed by atoms with Crippen LogP contribution in [0.1, 0.15) is 37.6 Å². The molecule has 1 saturated carbocycles. The minimum atomic E-state index is 0.640. The molecule has 1 aliphatic heterocycles. The summed E-state index contributed by atoms with van der Waals surface area (Å²) in [5.74, 6) is 1.99. The SMILES string of the molecule is CCN=C(NC1CCC1)N1CCN(Cc2cc(C)on2)CC1. The molecule has 6 heteroatoms. The lowest BCUT2D eigenvalue weighted by molar-refractivity contribution is 0.167. The van der Waals surface area contributed by atoms with Gasteiger partial charge < -0.3 is 14.7 Å².